The molecule has 0 spiro atoms. The molecule has 0 aromatic carbocycles. The van der Waals surface area contributed by atoms with Gasteiger partial charge in [0.15, 0.2) is 0 Å². The van der Waals surface area contributed by atoms with Crippen LogP contribution in [0.5, 0.6) is 0 Å². The molecule has 0 saturated carbocycles. The van der Waals surface area contributed by atoms with Gasteiger partial charge in [-0.05, 0) is 0 Å². The van der Waals surface area contributed by atoms with Crippen molar-refractivity contribution in [2.24, 2.45) is 0 Å². The maximum absolute atomic E-state index is 12.2. The topological polar surface area (TPSA) is 87.8 Å². The van der Waals surface area contributed by atoms with Crippen LogP contribution in [-0.2, 0) is 11.2 Å². The number of imidazole rings is 1. The molecule has 3 rings (SSSR count). The first-order valence-corrected chi connectivity index (χ1v) is 5.98. The van der Waals surface area contributed by atoms with E-state index in [9.17, 15) is 9.90 Å². The number of fused-ring (bicyclic) bond motifs is 1. The fourth-order valence-corrected chi connectivity index (χ4v) is 2.49. The Hall–Kier alpha value is -1.44. The van der Waals surface area contributed by atoms with Crippen molar-refractivity contribution in [3.63, 3.8) is 0 Å². The smallest absolute Gasteiger partial charge is 0.331 e. The van der Waals surface area contributed by atoms with E-state index < -0.39 is 18.4 Å². The molecule has 1 aromatic rings. The largest absolute Gasteiger partial charge is 0.394 e. The van der Waals surface area contributed by atoms with Crippen molar-refractivity contribution in [1.82, 2.24) is 14.5 Å². The summed E-state index contributed by atoms with van der Waals surface area (Å²) in [5.74, 6) is 0.744. The third-order valence-electron chi connectivity index (χ3n) is 3.48. The predicted molar refractivity (Wildman–Crippen MR) is 59.8 cm³/mol. The number of ether oxygens (including phenoxy) is 1. The number of rotatable bonds is 2. The molecule has 7 nitrogen and oxygen atoms in total. The zero-order chi connectivity index (χ0) is 12.7. The first-order valence-electron chi connectivity index (χ1n) is 5.98. The molecule has 98 valence electrons. The fourth-order valence-electron chi connectivity index (χ4n) is 2.49. The average molecular weight is 253 g/mol. The van der Waals surface area contributed by atoms with E-state index >= 15 is 0 Å². The van der Waals surface area contributed by atoms with Gasteiger partial charge in [-0.2, -0.15) is 0 Å². The molecule has 2 N–H and O–H groups in total. The Morgan fingerprint density at radius 3 is 3.11 bits per heavy atom. The van der Waals surface area contributed by atoms with Gasteiger partial charge in [0.25, 0.3) is 0 Å². The zero-order valence-electron chi connectivity index (χ0n) is 9.77. The number of aromatic nitrogens is 2. The van der Waals surface area contributed by atoms with Gasteiger partial charge in [0.2, 0.25) is 0 Å². The maximum Gasteiger partial charge on any atom is 0.331 e. The summed E-state index contributed by atoms with van der Waals surface area (Å²) in [7, 11) is 0. The molecule has 1 aromatic heterocycles. The van der Waals surface area contributed by atoms with Gasteiger partial charge in [-0.25, -0.2) is 9.78 Å². The van der Waals surface area contributed by atoms with E-state index in [0.29, 0.717) is 19.4 Å². The monoisotopic (exact) mass is 253 g/mol. The maximum atomic E-state index is 12.2. The Bertz CT molecular complexity index is 461. The van der Waals surface area contributed by atoms with Crippen molar-refractivity contribution in [2.75, 3.05) is 13.2 Å². The summed E-state index contributed by atoms with van der Waals surface area (Å²) < 4.78 is 6.99. The highest BCUT2D eigenvalue weighted by atomic mass is 16.5. The van der Waals surface area contributed by atoms with E-state index in [0.717, 1.165) is 5.82 Å². The van der Waals surface area contributed by atoms with Crippen molar-refractivity contribution in [3.05, 3.63) is 18.2 Å². The normalized spacial score (nSPS) is 31.8. The minimum Gasteiger partial charge on any atom is -0.394 e. The summed E-state index contributed by atoms with van der Waals surface area (Å²) >= 11 is 0. The van der Waals surface area contributed by atoms with Crippen LogP contribution in [-0.4, -0.2) is 62.3 Å². The van der Waals surface area contributed by atoms with Crippen LogP contribution in [0.4, 0.5) is 4.79 Å². The van der Waals surface area contributed by atoms with E-state index in [1.165, 1.54) is 4.57 Å². The molecule has 1 saturated heterocycles. The minimum atomic E-state index is -0.725. The Morgan fingerprint density at radius 2 is 2.39 bits per heavy atom. The third kappa shape index (κ3) is 1.71. The average Bonchev–Trinajstić information content (AvgIpc) is 2.96. The Morgan fingerprint density at radius 1 is 1.56 bits per heavy atom. The Labute approximate surface area is 104 Å². The molecule has 0 bridgehead atoms. The van der Waals surface area contributed by atoms with E-state index in [1.807, 2.05) is 0 Å². The molecule has 2 aliphatic heterocycles. The fraction of sp³-hybridized carbons (Fsp3) is 0.636. The van der Waals surface area contributed by atoms with Crippen LogP contribution < -0.4 is 0 Å². The second-order valence-electron chi connectivity index (χ2n) is 4.55. The van der Waals surface area contributed by atoms with Crippen LogP contribution in [0.1, 0.15) is 12.2 Å². The molecule has 0 radical (unpaired) electrons. The summed E-state index contributed by atoms with van der Waals surface area (Å²) in [6.07, 6.45) is 2.42. The number of carbonyl (C=O) groups excluding carboxylic acids is 1. The van der Waals surface area contributed by atoms with Gasteiger partial charge >= 0.3 is 6.03 Å². The van der Waals surface area contributed by atoms with Crippen LogP contribution >= 0.6 is 0 Å². The molecule has 7 heteroatoms. The number of hydrogen-bond acceptors (Lipinski definition) is 5. The van der Waals surface area contributed by atoms with Crippen LogP contribution in [0.15, 0.2) is 12.4 Å². The molecule has 3 heterocycles. The molecule has 1 fully saturated rings. The number of aliphatic hydroxyl groups excluding tert-OH is 2. The van der Waals surface area contributed by atoms with E-state index in [1.54, 1.807) is 17.3 Å². The van der Waals surface area contributed by atoms with E-state index in [2.05, 4.69) is 4.98 Å². The molecule has 18 heavy (non-hydrogen) atoms. The highest BCUT2D eigenvalue weighted by Gasteiger charge is 2.40. The van der Waals surface area contributed by atoms with Crippen molar-refractivity contribution in [2.45, 2.75) is 31.3 Å². The molecular formula is C11H15N3O4. The van der Waals surface area contributed by atoms with Crippen molar-refractivity contribution in [1.29, 1.82) is 0 Å². The molecule has 3 unspecified atom stereocenters. The standard InChI is InChI=1S/C11H15N3O4/c15-6-8-7(16)5-10(18-8)14-3-1-9-12-2-4-13(9)11(14)17/h2,4,7-8,10,15-16H,1,3,5-6H2. The summed E-state index contributed by atoms with van der Waals surface area (Å²) in [5, 5.41) is 18.7. The lowest BCUT2D eigenvalue weighted by molar-refractivity contribution is -0.0653. The van der Waals surface area contributed by atoms with Gasteiger partial charge in [0, 0.05) is 31.8 Å². The number of aliphatic hydroxyl groups is 2. The lowest BCUT2D eigenvalue weighted by Gasteiger charge is -2.32. The second kappa shape index (κ2) is 4.34. The second-order valence-corrected chi connectivity index (χ2v) is 4.55. The lowest BCUT2D eigenvalue weighted by atomic mass is 10.2. The summed E-state index contributed by atoms with van der Waals surface area (Å²) in [6.45, 7) is 0.279. The van der Waals surface area contributed by atoms with Crippen LogP contribution in [0, 0.1) is 0 Å². The summed E-state index contributed by atoms with van der Waals surface area (Å²) in [6, 6.07) is -0.190. The van der Waals surface area contributed by atoms with Crippen molar-refractivity contribution in [3.8, 4) is 0 Å². The first kappa shape index (κ1) is 11.6. The molecule has 2 aliphatic rings. The SMILES string of the molecule is O=C1N(C2CC(O)C(CO)O2)CCc2nccn21. The van der Waals surface area contributed by atoms with Gasteiger partial charge in [-0.1, -0.05) is 0 Å². The van der Waals surface area contributed by atoms with Crippen LogP contribution in [0.25, 0.3) is 0 Å². The Balaban J connectivity index is 1.77. The van der Waals surface area contributed by atoms with Gasteiger partial charge in [0.05, 0.1) is 12.7 Å². The molecular weight excluding hydrogens is 238 g/mol. The van der Waals surface area contributed by atoms with Gasteiger partial charge in [0.1, 0.15) is 18.2 Å². The number of nitrogens with zero attached hydrogens (tertiary/aromatic N) is 3. The first-order chi connectivity index (χ1) is 8.70. The van der Waals surface area contributed by atoms with Gasteiger partial charge in [-0.15, -0.1) is 0 Å². The highest BCUT2D eigenvalue weighted by molar-refractivity contribution is 5.78. The number of hydrogen-bond donors (Lipinski definition) is 2. The number of carbonyl (C=O) groups is 1. The summed E-state index contributed by atoms with van der Waals surface area (Å²) in [5.41, 5.74) is 0. The third-order valence-corrected chi connectivity index (χ3v) is 3.48. The zero-order valence-corrected chi connectivity index (χ0v) is 9.77. The minimum absolute atomic E-state index is 0.190. The van der Waals surface area contributed by atoms with Crippen molar-refractivity contribution < 1.29 is 19.7 Å². The number of amides is 1. The van der Waals surface area contributed by atoms with Crippen LogP contribution in [0.3, 0.4) is 0 Å². The van der Waals surface area contributed by atoms with E-state index in [4.69, 9.17) is 9.84 Å². The summed E-state index contributed by atoms with van der Waals surface area (Å²) in [4.78, 5) is 17.9. The quantitative estimate of drug-likeness (QED) is 0.719. The van der Waals surface area contributed by atoms with Gasteiger partial charge < -0.3 is 14.9 Å². The predicted octanol–water partition coefficient (Wildman–Crippen LogP) is -0.823. The molecule has 3 atom stereocenters. The van der Waals surface area contributed by atoms with Crippen LogP contribution in [0.2, 0.25) is 0 Å². The highest BCUT2D eigenvalue weighted by Crippen LogP contribution is 2.25. The van der Waals surface area contributed by atoms with E-state index in [-0.39, 0.29) is 12.6 Å². The Kier molecular flexibility index (Phi) is 2.81. The molecule has 1 amide bonds. The lowest BCUT2D eigenvalue weighted by Crippen LogP contribution is -2.47. The molecule has 0 aliphatic carbocycles. The van der Waals surface area contributed by atoms with Crippen molar-refractivity contribution >= 4 is 6.03 Å². The van der Waals surface area contributed by atoms with Gasteiger partial charge in [-0.3, -0.25) is 9.47 Å².